The number of aryl methyl sites for hydroxylation is 2. The van der Waals surface area contributed by atoms with Gasteiger partial charge in [-0.3, -0.25) is 9.59 Å². The molecule has 0 heterocycles. The van der Waals surface area contributed by atoms with E-state index in [0.29, 0.717) is 17.7 Å². The van der Waals surface area contributed by atoms with E-state index < -0.39 is 29.3 Å². The lowest BCUT2D eigenvalue weighted by atomic mass is 9.90. The highest BCUT2D eigenvalue weighted by Crippen LogP contribution is 2.33. The SMILES string of the molecule is CCC(C)C(NC(=O)OC(C)(C)C)C(=O)N(C(C(=O)Nc1ccc2ccccc2c1)c1ccc(C)c(C)c1)C(C)(C)C. The Kier molecular flexibility index (Phi) is 10.1. The molecule has 3 rings (SSSR count). The number of anilines is 1. The third-order valence-corrected chi connectivity index (χ3v) is 7.48. The van der Waals surface area contributed by atoms with Gasteiger partial charge in [0.15, 0.2) is 0 Å². The van der Waals surface area contributed by atoms with E-state index in [1.165, 1.54) is 0 Å². The van der Waals surface area contributed by atoms with Crippen molar-refractivity contribution < 1.29 is 19.1 Å². The summed E-state index contributed by atoms with van der Waals surface area (Å²) in [4.78, 5) is 43.4. The summed E-state index contributed by atoms with van der Waals surface area (Å²) in [6, 6.07) is 17.7. The molecule has 2 N–H and O–H groups in total. The van der Waals surface area contributed by atoms with Crippen LogP contribution in [0.5, 0.6) is 0 Å². The maximum absolute atomic E-state index is 14.6. The van der Waals surface area contributed by atoms with Gasteiger partial charge in [0.2, 0.25) is 5.91 Å². The maximum atomic E-state index is 14.6. The highest BCUT2D eigenvalue weighted by molar-refractivity contribution is 6.00. The van der Waals surface area contributed by atoms with Crippen LogP contribution in [0.4, 0.5) is 10.5 Å². The second-order valence-electron chi connectivity index (χ2n) is 13.2. The summed E-state index contributed by atoms with van der Waals surface area (Å²) in [7, 11) is 0. The molecule has 3 amide bonds. The molecule has 0 spiro atoms. The normalized spacial score (nSPS) is 14.0. The average Bonchev–Trinajstić information content (AvgIpc) is 2.89. The smallest absolute Gasteiger partial charge is 0.408 e. The van der Waals surface area contributed by atoms with E-state index in [-0.39, 0.29) is 17.7 Å². The first-order valence-electron chi connectivity index (χ1n) is 14.7. The third-order valence-electron chi connectivity index (χ3n) is 7.48. The molecule has 7 nitrogen and oxygen atoms in total. The minimum Gasteiger partial charge on any atom is -0.444 e. The summed E-state index contributed by atoms with van der Waals surface area (Å²) >= 11 is 0. The van der Waals surface area contributed by atoms with Crippen molar-refractivity contribution in [2.45, 2.75) is 98.9 Å². The fourth-order valence-corrected chi connectivity index (χ4v) is 4.94. The molecule has 3 aromatic carbocycles. The number of amides is 3. The first-order chi connectivity index (χ1) is 19.5. The number of carbonyl (C=O) groups excluding carboxylic acids is 3. The molecule has 0 saturated carbocycles. The summed E-state index contributed by atoms with van der Waals surface area (Å²) in [5.41, 5.74) is 1.94. The summed E-state index contributed by atoms with van der Waals surface area (Å²) < 4.78 is 5.51. The van der Waals surface area contributed by atoms with Crippen molar-refractivity contribution in [3.63, 3.8) is 0 Å². The number of hydrogen-bond donors (Lipinski definition) is 2. The second kappa shape index (κ2) is 13.0. The Morgan fingerprint density at radius 1 is 0.857 bits per heavy atom. The number of ether oxygens (including phenoxy) is 1. The summed E-state index contributed by atoms with van der Waals surface area (Å²) in [5.74, 6) is -0.893. The second-order valence-corrected chi connectivity index (χ2v) is 13.2. The largest absolute Gasteiger partial charge is 0.444 e. The topological polar surface area (TPSA) is 87.7 Å². The average molecular weight is 574 g/mol. The lowest BCUT2D eigenvalue weighted by molar-refractivity contribution is -0.147. The Morgan fingerprint density at radius 2 is 1.50 bits per heavy atom. The molecule has 7 heteroatoms. The van der Waals surface area contributed by atoms with Gasteiger partial charge in [-0.05, 0) is 101 Å². The number of hydrogen-bond acceptors (Lipinski definition) is 4. The molecule has 0 bridgehead atoms. The highest BCUT2D eigenvalue weighted by Gasteiger charge is 2.43. The third kappa shape index (κ3) is 8.11. The van der Waals surface area contributed by atoms with Crippen molar-refractivity contribution in [2.75, 3.05) is 5.32 Å². The van der Waals surface area contributed by atoms with Crippen LogP contribution in [0.3, 0.4) is 0 Å². The van der Waals surface area contributed by atoms with Crippen LogP contribution in [0.2, 0.25) is 0 Å². The van der Waals surface area contributed by atoms with Crippen LogP contribution in [0.1, 0.15) is 84.5 Å². The molecule has 0 radical (unpaired) electrons. The first-order valence-corrected chi connectivity index (χ1v) is 14.7. The minimum absolute atomic E-state index is 0.209. The van der Waals surface area contributed by atoms with Gasteiger partial charge in [0, 0.05) is 11.2 Å². The zero-order valence-electron chi connectivity index (χ0n) is 26.8. The predicted molar refractivity (Wildman–Crippen MR) is 170 cm³/mol. The van der Waals surface area contributed by atoms with E-state index in [2.05, 4.69) is 10.6 Å². The minimum atomic E-state index is -0.963. The predicted octanol–water partition coefficient (Wildman–Crippen LogP) is 7.70. The van der Waals surface area contributed by atoms with Gasteiger partial charge in [0.1, 0.15) is 17.7 Å². The number of fused-ring (bicyclic) bond motifs is 1. The van der Waals surface area contributed by atoms with Gasteiger partial charge in [0.25, 0.3) is 5.91 Å². The first kappa shape index (κ1) is 32.6. The van der Waals surface area contributed by atoms with Crippen LogP contribution < -0.4 is 10.6 Å². The van der Waals surface area contributed by atoms with Gasteiger partial charge in [-0.2, -0.15) is 0 Å². The highest BCUT2D eigenvalue weighted by atomic mass is 16.6. The van der Waals surface area contributed by atoms with Gasteiger partial charge >= 0.3 is 6.09 Å². The van der Waals surface area contributed by atoms with Crippen LogP contribution in [-0.2, 0) is 14.3 Å². The van der Waals surface area contributed by atoms with Gasteiger partial charge in [-0.1, -0.05) is 68.8 Å². The quantitative estimate of drug-likeness (QED) is 0.289. The molecule has 0 aromatic heterocycles. The molecular formula is C35H47N3O4. The molecule has 0 aliphatic carbocycles. The van der Waals surface area contributed by atoms with E-state index in [1.807, 2.05) is 109 Å². The van der Waals surface area contributed by atoms with E-state index in [4.69, 9.17) is 4.74 Å². The number of nitrogens with zero attached hydrogens (tertiary/aromatic N) is 1. The summed E-state index contributed by atoms with van der Waals surface area (Å²) in [6.07, 6.45) is -0.0275. The number of rotatable bonds is 8. The van der Waals surface area contributed by atoms with Crippen molar-refractivity contribution in [1.29, 1.82) is 0 Å². The maximum Gasteiger partial charge on any atom is 0.408 e. The van der Waals surface area contributed by atoms with Gasteiger partial charge in [-0.25, -0.2) is 4.79 Å². The van der Waals surface area contributed by atoms with Gasteiger partial charge in [-0.15, -0.1) is 0 Å². The van der Waals surface area contributed by atoms with Crippen molar-refractivity contribution in [3.05, 3.63) is 77.4 Å². The number of nitrogens with one attached hydrogen (secondary N) is 2. The molecule has 3 aromatic rings. The molecule has 0 aliphatic rings. The molecule has 0 saturated heterocycles. The lowest BCUT2D eigenvalue weighted by Crippen LogP contribution is -2.59. The number of alkyl carbamates (subject to hydrolysis) is 1. The van der Waals surface area contributed by atoms with Crippen LogP contribution in [0.25, 0.3) is 10.8 Å². The Hall–Kier alpha value is -3.87. The Labute approximate surface area is 251 Å². The molecular weight excluding hydrogens is 526 g/mol. The van der Waals surface area contributed by atoms with Gasteiger partial charge < -0.3 is 20.3 Å². The Morgan fingerprint density at radius 3 is 2.07 bits per heavy atom. The standard InChI is InChI=1S/C35H47N3O4/c1-11-22(2)29(37-33(41)42-35(8,9)10)32(40)38(34(5,6)7)30(27-17-16-23(3)24(4)20-27)31(39)36-28-19-18-25-14-12-13-15-26(25)21-28/h12-22,29-30H,11H2,1-10H3,(H,36,39)(H,37,41). The van der Waals surface area contributed by atoms with Crippen LogP contribution in [0, 0.1) is 19.8 Å². The lowest BCUT2D eigenvalue weighted by Gasteiger charge is -2.44. The van der Waals surface area contributed by atoms with E-state index in [1.54, 1.807) is 25.7 Å². The van der Waals surface area contributed by atoms with E-state index in [9.17, 15) is 14.4 Å². The monoisotopic (exact) mass is 573 g/mol. The summed E-state index contributed by atoms with van der Waals surface area (Å²) in [5, 5.41) is 7.98. The molecule has 42 heavy (non-hydrogen) atoms. The van der Waals surface area contributed by atoms with Crippen LogP contribution in [0.15, 0.2) is 60.7 Å². The zero-order valence-corrected chi connectivity index (χ0v) is 26.8. The molecule has 3 unspecified atom stereocenters. The zero-order chi connectivity index (χ0) is 31.4. The van der Waals surface area contributed by atoms with Crippen molar-refractivity contribution in [2.24, 2.45) is 5.92 Å². The molecule has 0 fully saturated rings. The van der Waals surface area contributed by atoms with E-state index >= 15 is 0 Å². The summed E-state index contributed by atoms with van der Waals surface area (Å²) in [6.45, 7) is 18.9. The Balaban J connectivity index is 2.11. The van der Waals surface area contributed by atoms with Crippen molar-refractivity contribution in [3.8, 4) is 0 Å². The number of benzene rings is 3. The molecule has 3 atom stereocenters. The van der Waals surface area contributed by atoms with Crippen LogP contribution in [-0.4, -0.2) is 40.0 Å². The number of carbonyl (C=O) groups is 3. The van der Waals surface area contributed by atoms with Crippen molar-refractivity contribution >= 4 is 34.4 Å². The fraction of sp³-hybridized carbons (Fsp3) is 0.457. The Bertz CT molecular complexity index is 1430. The van der Waals surface area contributed by atoms with Crippen molar-refractivity contribution in [1.82, 2.24) is 10.2 Å². The molecule has 0 aliphatic heterocycles. The fourth-order valence-electron chi connectivity index (χ4n) is 4.94. The van der Waals surface area contributed by atoms with Gasteiger partial charge in [0.05, 0.1) is 0 Å². The molecule has 226 valence electrons. The van der Waals surface area contributed by atoms with E-state index in [0.717, 1.165) is 21.9 Å². The van der Waals surface area contributed by atoms with Crippen LogP contribution >= 0.6 is 0 Å².